The van der Waals surface area contributed by atoms with Crippen molar-refractivity contribution in [3.8, 4) is 6.07 Å². The summed E-state index contributed by atoms with van der Waals surface area (Å²) in [6.45, 7) is 4.32. The predicted molar refractivity (Wildman–Crippen MR) is 57.7 cm³/mol. The Bertz CT molecular complexity index is 183. The highest BCUT2D eigenvalue weighted by molar-refractivity contribution is 4.75. The van der Waals surface area contributed by atoms with Crippen LogP contribution in [0.25, 0.3) is 0 Å². The first kappa shape index (κ1) is 11.5. The minimum atomic E-state index is 0.693. The molecule has 1 atom stereocenters. The fourth-order valence-electron chi connectivity index (χ4n) is 2.21. The van der Waals surface area contributed by atoms with E-state index in [2.05, 4.69) is 11.0 Å². The van der Waals surface area contributed by atoms with Gasteiger partial charge in [-0.3, -0.25) is 0 Å². The molecule has 1 unspecified atom stereocenters. The zero-order valence-electron chi connectivity index (χ0n) is 8.91. The van der Waals surface area contributed by atoms with Crippen LogP contribution < -0.4 is 5.73 Å². The molecule has 0 aromatic heterocycles. The number of hydrogen-bond acceptors (Lipinski definition) is 3. The molecule has 1 aliphatic heterocycles. The van der Waals surface area contributed by atoms with E-state index in [1.165, 1.54) is 25.9 Å². The minimum absolute atomic E-state index is 0.693. The van der Waals surface area contributed by atoms with Crippen molar-refractivity contribution >= 4 is 0 Å². The topological polar surface area (TPSA) is 53.0 Å². The van der Waals surface area contributed by atoms with Gasteiger partial charge in [0.15, 0.2) is 0 Å². The largest absolute Gasteiger partial charge is 0.330 e. The smallest absolute Gasteiger partial charge is 0.0622 e. The SMILES string of the molecule is N#CCCCN1CCCC(CCN)C1. The first-order valence-electron chi connectivity index (χ1n) is 5.66. The van der Waals surface area contributed by atoms with E-state index in [0.717, 1.165) is 31.8 Å². The molecule has 0 radical (unpaired) electrons. The van der Waals surface area contributed by atoms with Crippen LogP contribution >= 0.6 is 0 Å². The Morgan fingerprint density at radius 2 is 2.36 bits per heavy atom. The zero-order chi connectivity index (χ0) is 10.2. The summed E-state index contributed by atoms with van der Waals surface area (Å²) in [6, 6.07) is 2.20. The van der Waals surface area contributed by atoms with Crippen LogP contribution in [0.5, 0.6) is 0 Å². The number of nitriles is 1. The van der Waals surface area contributed by atoms with Crippen molar-refractivity contribution in [2.45, 2.75) is 32.1 Å². The van der Waals surface area contributed by atoms with Crippen LogP contribution in [0.3, 0.4) is 0 Å². The van der Waals surface area contributed by atoms with Crippen molar-refractivity contribution in [3.63, 3.8) is 0 Å². The van der Waals surface area contributed by atoms with Gasteiger partial charge >= 0.3 is 0 Å². The van der Waals surface area contributed by atoms with Crippen molar-refractivity contribution in [1.29, 1.82) is 5.26 Å². The van der Waals surface area contributed by atoms with E-state index in [1.807, 2.05) is 0 Å². The molecule has 1 fully saturated rings. The molecule has 3 nitrogen and oxygen atoms in total. The van der Waals surface area contributed by atoms with Gasteiger partial charge in [-0.2, -0.15) is 5.26 Å². The molecular formula is C11H21N3. The van der Waals surface area contributed by atoms with E-state index >= 15 is 0 Å². The van der Waals surface area contributed by atoms with Crippen LogP contribution in [0.2, 0.25) is 0 Å². The quantitative estimate of drug-likeness (QED) is 0.674. The molecule has 1 rings (SSSR count). The number of piperidine rings is 1. The van der Waals surface area contributed by atoms with Crippen molar-refractivity contribution in [2.75, 3.05) is 26.2 Å². The first-order chi connectivity index (χ1) is 6.86. The van der Waals surface area contributed by atoms with Gasteiger partial charge in [0.1, 0.15) is 0 Å². The Morgan fingerprint density at radius 3 is 3.07 bits per heavy atom. The summed E-state index contributed by atoms with van der Waals surface area (Å²) < 4.78 is 0. The van der Waals surface area contributed by atoms with Gasteiger partial charge < -0.3 is 10.6 Å². The van der Waals surface area contributed by atoms with Crippen LogP contribution in [0.1, 0.15) is 32.1 Å². The monoisotopic (exact) mass is 195 g/mol. The summed E-state index contributed by atoms with van der Waals surface area (Å²) in [5, 5.41) is 8.45. The van der Waals surface area contributed by atoms with Gasteiger partial charge in [0.2, 0.25) is 0 Å². The normalized spacial score (nSPS) is 23.3. The first-order valence-corrected chi connectivity index (χ1v) is 5.66. The van der Waals surface area contributed by atoms with E-state index in [-0.39, 0.29) is 0 Å². The molecule has 1 saturated heterocycles. The third-order valence-corrected chi connectivity index (χ3v) is 2.94. The summed E-state index contributed by atoms with van der Waals surface area (Å²) in [6.07, 6.45) is 5.52. The average Bonchev–Trinajstić information content (AvgIpc) is 2.19. The highest BCUT2D eigenvalue weighted by Gasteiger charge is 2.18. The summed E-state index contributed by atoms with van der Waals surface area (Å²) in [5.74, 6) is 0.802. The molecule has 0 bridgehead atoms. The molecule has 2 N–H and O–H groups in total. The number of hydrogen-bond donors (Lipinski definition) is 1. The molecule has 3 heteroatoms. The maximum atomic E-state index is 8.45. The number of nitrogens with zero attached hydrogens (tertiary/aromatic N) is 2. The molecule has 0 aromatic rings. The number of rotatable bonds is 5. The van der Waals surface area contributed by atoms with E-state index in [0.29, 0.717) is 6.42 Å². The summed E-state index contributed by atoms with van der Waals surface area (Å²) in [5.41, 5.74) is 5.56. The molecule has 0 saturated carbocycles. The standard InChI is InChI=1S/C11H21N3/c12-6-1-2-8-14-9-3-4-11(10-14)5-7-13/h11H,1-5,7-10,13H2. The molecule has 14 heavy (non-hydrogen) atoms. The van der Waals surface area contributed by atoms with Crippen LogP contribution in [-0.4, -0.2) is 31.1 Å². The Kier molecular flexibility index (Phi) is 5.58. The van der Waals surface area contributed by atoms with Gasteiger partial charge in [0, 0.05) is 13.0 Å². The third kappa shape index (κ3) is 4.08. The second-order valence-electron chi connectivity index (χ2n) is 4.15. The van der Waals surface area contributed by atoms with E-state index in [9.17, 15) is 0 Å². The molecule has 80 valence electrons. The highest BCUT2D eigenvalue weighted by atomic mass is 15.1. The van der Waals surface area contributed by atoms with Gasteiger partial charge in [-0.1, -0.05) is 0 Å². The molecular weight excluding hydrogens is 174 g/mol. The van der Waals surface area contributed by atoms with Crippen LogP contribution in [0.15, 0.2) is 0 Å². The van der Waals surface area contributed by atoms with Crippen molar-refractivity contribution in [1.82, 2.24) is 4.90 Å². The third-order valence-electron chi connectivity index (χ3n) is 2.94. The molecule has 0 aliphatic carbocycles. The maximum absolute atomic E-state index is 8.45. The van der Waals surface area contributed by atoms with Gasteiger partial charge in [-0.25, -0.2) is 0 Å². The Balaban J connectivity index is 2.16. The highest BCUT2D eigenvalue weighted by Crippen LogP contribution is 2.18. The number of likely N-dealkylation sites (tertiary alicyclic amines) is 1. The Morgan fingerprint density at radius 1 is 1.50 bits per heavy atom. The van der Waals surface area contributed by atoms with Gasteiger partial charge in [0.05, 0.1) is 6.07 Å². The van der Waals surface area contributed by atoms with Gasteiger partial charge in [0.25, 0.3) is 0 Å². The van der Waals surface area contributed by atoms with E-state index in [4.69, 9.17) is 11.0 Å². The second kappa shape index (κ2) is 6.80. The number of unbranched alkanes of at least 4 members (excludes halogenated alkanes) is 1. The lowest BCUT2D eigenvalue weighted by Crippen LogP contribution is -2.36. The van der Waals surface area contributed by atoms with Crippen molar-refractivity contribution in [2.24, 2.45) is 11.7 Å². The van der Waals surface area contributed by atoms with Crippen molar-refractivity contribution < 1.29 is 0 Å². The Labute approximate surface area is 86.9 Å². The lowest BCUT2D eigenvalue weighted by Gasteiger charge is -2.32. The molecule has 0 amide bonds. The van der Waals surface area contributed by atoms with Crippen LogP contribution in [0.4, 0.5) is 0 Å². The van der Waals surface area contributed by atoms with Crippen LogP contribution in [0, 0.1) is 17.2 Å². The van der Waals surface area contributed by atoms with Crippen molar-refractivity contribution in [3.05, 3.63) is 0 Å². The fraction of sp³-hybridized carbons (Fsp3) is 0.909. The second-order valence-corrected chi connectivity index (χ2v) is 4.15. The Hall–Kier alpha value is -0.590. The van der Waals surface area contributed by atoms with Gasteiger partial charge in [-0.05, 0) is 51.2 Å². The molecule has 1 aliphatic rings. The minimum Gasteiger partial charge on any atom is -0.330 e. The summed E-state index contributed by atoms with van der Waals surface area (Å²) in [7, 11) is 0. The summed E-state index contributed by atoms with van der Waals surface area (Å²) in [4.78, 5) is 2.49. The lowest BCUT2D eigenvalue weighted by molar-refractivity contribution is 0.169. The number of nitrogens with two attached hydrogens (primary N) is 1. The van der Waals surface area contributed by atoms with Crippen LogP contribution in [-0.2, 0) is 0 Å². The lowest BCUT2D eigenvalue weighted by atomic mass is 9.95. The average molecular weight is 195 g/mol. The fourth-order valence-corrected chi connectivity index (χ4v) is 2.21. The maximum Gasteiger partial charge on any atom is 0.0622 e. The van der Waals surface area contributed by atoms with Gasteiger partial charge in [-0.15, -0.1) is 0 Å². The molecule has 0 aromatic carbocycles. The molecule has 1 heterocycles. The summed E-state index contributed by atoms with van der Waals surface area (Å²) >= 11 is 0. The van der Waals surface area contributed by atoms with E-state index in [1.54, 1.807) is 0 Å². The predicted octanol–water partition coefficient (Wildman–Crippen LogP) is 1.35. The van der Waals surface area contributed by atoms with E-state index < -0.39 is 0 Å². The zero-order valence-corrected chi connectivity index (χ0v) is 8.91. The molecule has 0 spiro atoms.